The minimum Gasteiger partial charge on any atom is -0.496 e. The Morgan fingerprint density at radius 2 is 1.94 bits per heavy atom. The van der Waals surface area contributed by atoms with Crippen LogP contribution in [0.1, 0.15) is 10.4 Å². The molecule has 2 aromatic rings. The van der Waals surface area contributed by atoms with E-state index in [2.05, 4.69) is 0 Å². The highest BCUT2D eigenvalue weighted by atomic mass is 16.5. The molecule has 84 valence electrons. The van der Waals surface area contributed by atoms with Crippen LogP contribution >= 0.6 is 0 Å². The number of ether oxygens (including phenoxy) is 2. The molecule has 0 bridgehead atoms. The van der Waals surface area contributed by atoms with Crippen molar-refractivity contribution in [2.24, 2.45) is 7.05 Å². The Labute approximate surface area is 93.4 Å². The molecule has 4 heteroatoms. The molecule has 0 aliphatic heterocycles. The van der Waals surface area contributed by atoms with E-state index in [1.54, 1.807) is 13.2 Å². The SMILES string of the molecule is COc1cc(OC)c2c(ccn2C)c1C=O. The predicted molar refractivity (Wildman–Crippen MR) is 61.4 cm³/mol. The zero-order valence-corrected chi connectivity index (χ0v) is 9.48. The summed E-state index contributed by atoms with van der Waals surface area (Å²) >= 11 is 0. The Morgan fingerprint density at radius 1 is 1.25 bits per heavy atom. The van der Waals surface area contributed by atoms with Crippen LogP contribution in [0.15, 0.2) is 18.3 Å². The van der Waals surface area contributed by atoms with Gasteiger partial charge in [-0.3, -0.25) is 4.79 Å². The first kappa shape index (κ1) is 10.5. The molecule has 1 aromatic carbocycles. The Morgan fingerprint density at radius 3 is 2.50 bits per heavy atom. The molecule has 4 nitrogen and oxygen atoms in total. The van der Waals surface area contributed by atoms with Gasteiger partial charge in [0.25, 0.3) is 0 Å². The molecule has 0 saturated heterocycles. The van der Waals surface area contributed by atoms with Gasteiger partial charge in [0.1, 0.15) is 11.5 Å². The van der Waals surface area contributed by atoms with Crippen LogP contribution in [0.25, 0.3) is 10.9 Å². The topological polar surface area (TPSA) is 40.5 Å². The molecule has 0 radical (unpaired) electrons. The van der Waals surface area contributed by atoms with Crippen molar-refractivity contribution in [3.8, 4) is 11.5 Å². The Balaban J connectivity index is 2.90. The minimum atomic E-state index is 0.533. The largest absolute Gasteiger partial charge is 0.496 e. The van der Waals surface area contributed by atoms with Gasteiger partial charge in [-0.1, -0.05) is 0 Å². The van der Waals surface area contributed by atoms with Crippen molar-refractivity contribution in [3.05, 3.63) is 23.9 Å². The van der Waals surface area contributed by atoms with Crippen LogP contribution in [0.2, 0.25) is 0 Å². The fraction of sp³-hybridized carbons (Fsp3) is 0.250. The van der Waals surface area contributed by atoms with Gasteiger partial charge in [0, 0.05) is 24.7 Å². The monoisotopic (exact) mass is 219 g/mol. The van der Waals surface area contributed by atoms with Crippen molar-refractivity contribution in [2.45, 2.75) is 0 Å². The number of hydrogen-bond acceptors (Lipinski definition) is 3. The lowest BCUT2D eigenvalue weighted by atomic mass is 10.1. The summed E-state index contributed by atoms with van der Waals surface area (Å²) in [5, 5.41) is 0.841. The summed E-state index contributed by atoms with van der Waals surface area (Å²) in [5.74, 6) is 1.23. The zero-order chi connectivity index (χ0) is 11.7. The van der Waals surface area contributed by atoms with Gasteiger partial charge in [-0.15, -0.1) is 0 Å². The fourth-order valence-electron chi connectivity index (χ4n) is 1.90. The number of methoxy groups -OCH3 is 2. The van der Waals surface area contributed by atoms with Gasteiger partial charge in [0.2, 0.25) is 0 Å². The summed E-state index contributed by atoms with van der Waals surface area (Å²) in [6, 6.07) is 3.61. The number of nitrogens with zero attached hydrogens (tertiary/aromatic N) is 1. The van der Waals surface area contributed by atoms with Crippen LogP contribution in [0.3, 0.4) is 0 Å². The molecule has 16 heavy (non-hydrogen) atoms. The molecule has 0 aliphatic carbocycles. The van der Waals surface area contributed by atoms with Crippen LogP contribution in [0, 0.1) is 0 Å². The minimum absolute atomic E-state index is 0.533. The van der Waals surface area contributed by atoms with E-state index in [-0.39, 0.29) is 0 Å². The van der Waals surface area contributed by atoms with Gasteiger partial charge in [-0.05, 0) is 6.07 Å². The van der Waals surface area contributed by atoms with E-state index in [4.69, 9.17) is 9.47 Å². The molecule has 1 aromatic heterocycles. The maximum absolute atomic E-state index is 11.1. The summed E-state index contributed by atoms with van der Waals surface area (Å²) < 4.78 is 12.4. The number of carbonyl (C=O) groups excluding carboxylic acids is 1. The highest BCUT2D eigenvalue weighted by Crippen LogP contribution is 2.35. The lowest BCUT2D eigenvalue weighted by Crippen LogP contribution is -1.96. The lowest BCUT2D eigenvalue weighted by molar-refractivity contribution is 0.112. The highest BCUT2D eigenvalue weighted by Gasteiger charge is 2.14. The summed E-state index contributed by atoms with van der Waals surface area (Å²) in [6.07, 6.45) is 2.69. The first-order valence-corrected chi connectivity index (χ1v) is 4.88. The van der Waals surface area contributed by atoms with Gasteiger partial charge in [0.15, 0.2) is 6.29 Å². The van der Waals surface area contributed by atoms with E-state index in [0.717, 1.165) is 17.2 Å². The second-order valence-electron chi connectivity index (χ2n) is 3.50. The van der Waals surface area contributed by atoms with E-state index in [9.17, 15) is 4.79 Å². The molecule has 0 spiro atoms. The fourth-order valence-corrected chi connectivity index (χ4v) is 1.90. The third kappa shape index (κ3) is 1.34. The van der Waals surface area contributed by atoms with E-state index >= 15 is 0 Å². The summed E-state index contributed by atoms with van der Waals surface area (Å²) in [6.45, 7) is 0. The molecule has 0 amide bonds. The number of fused-ring (bicyclic) bond motifs is 1. The van der Waals surface area contributed by atoms with Gasteiger partial charge < -0.3 is 14.0 Å². The van der Waals surface area contributed by atoms with Crippen molar-refractivity contribution in [2.75, 3.05) is 14.2 Å². The molecule has 0 saturated carbocycles. The number of rotatable bonds is 3. The van der Waals surface area contributed by atoms with Crippen LogP contribution in [-0.2, 0) is 7.05 Å². The quantitative estimate of drug-likeness (QED) is 0.741. The van der Waals surface area contributed by atoms with Crippen molar-refractivity contribution in [3.63, 3.8) is 0 Å². The van der Waals surface area contributed by atoms with Gasteiger partial charge in [-0.2, -0.15) is 0 Å². The highest BCUT2D eigenvalue weighted by molar-refractivity contribution is 6.02. The van der Waals surface area contributed by atoms with E-state index in [1.807, 2.05) is 23.9 Å². The normalized spacial score (nSPS) is 10.4. The predicted octanol–water partition coefficient (Wildman–Crippen LogP) is 2.01. The number of aryl methyl sites for hydroxylation is 1. The summed E-state index contributed by atoms with van der Waals surface area (Å²) in [7, 11) is 5.05. The molecule has 0 fully saturated rings. The standard InChI is InChI=1S/C12H13NO3/c1-13-5-4-8-9(7-14)10(15-2)6-11(16-3)12(8)13/h4-7H,1-3H3. The van der Waals surface area contributed by atoms with E-state index in [0.29, 0.717) is 17.1 Å². The Hall–Kier alpha value is -1.97. The molecular formula is C12H13NO3. The van der Waals surface area contributed by atoms with Crippen LogP contribution in [0.4, 0.5) is 0 Å². The molecule has 1 heterocycles. The first-order valence-electron chi connectivity index (χ1n) is 4.88. The Bertz CT molecular complexity index is 543. The van der Waals surface area contributed by atoms with Crippen LogP contribution < -0.4 is 9.47 Å². The lowest BCUT2D eigenvalue weighted by Gasteiger charge is -2.10. The average Bonchev–Trinajstić information content (AvgIpc) is 2.69. The molecule has 0 aliphatic rings. The van der Waals surface area contributed by atoms with Crippen molar-refractivity contribution < 1.29 is 14.3 Å². The van der Waals surface area contributed by atoms with Gasteiger partial charge in [-0.25, -0.2) is 0 Å². The van der Waals surface area contributed by atoms with E-state index < -0.39 is 0 Å². The van der Waals surface area contributed by atoms with Crippen molar-refractivity contribution >= 4 is 17.2 Å². The van der Waals surface area contributed by atoms with E-state index in [1.165, 1.54) is 7.11 Å². The zero-order valence-electron chi connectivity index (χ0n) is 9.48. The number of benzene rings is 1. The van der Waals surface area contributed by atoms with Crippen molar-refractivity contribution in [1.29, 1.82) is 0 Å². The molecule has 0 atom stereocenters. The number of carbonyl (C=O) groups is 1. The summed E-state index contributed by atoms with van der Waals surface area (Å²) in [4.78, 5) is 11.1. The molecule has 2 rings (SSSR count). The molecule has 0 unspecified atom stereocenters. The van der Waals surface area contributed by atoms with Gasteiger partial charge >= 0.3 is 0 Å². The second-order valence-corrected chi connectivity index (χ2v) is 3.50. The average molecular weight is 219 g/mol. The third-order valence-electron chi connectivity index (χ3n) is 2.68. The maximum Gasteiger partial charge on any atom is 0.154 e. The third-order valence-corrected chi connectivity index (χ3v) is 2.68. The van der Waals surface area contributed by atoms with Crippen LogP contribution in [-0.4, -0.2) is 25.1 Å². The smallest absolute Gasteiger partial charge is 0.154 e. The van der Waals surface area contributed by atoms with Crippen LogP contribution in [0.5, 0.6) is 11.5 Å². The molecule has 0 N–H and O–H groups in total. The molecular weight excluding hydrogens is 206 g/mol. The number of aldehydes is 1. The Kier molecular flexibility index (Phi) is 2.56. The first-order chi connectivity index (χ1) is 7.72. The van der Waals surface area contributed by atoms with Gasteiger partial charge in [0.05, 0.1) is 25.3 Å². The summed E-state index contributed by atoms with van der Waals surface area (Å²) in [5.41, 5.74) is 1.45. The van der Waals surface area contributed by atoms with Crippen molar-refractivity contribution in [1.82, 2.24) is 4.57 Å². The maximum atomic E-state index is 11.1. The number of hydrogen-bond donors (Lipinski definition) is 0. The number of aromatic nitrogens is 1. The second kappa shape index (κ2) is 3.89.